The van der Waals surface area contributed by atoms with E-state index in [1.54, 1.807) is 30.3 Å². The number of phenols is 1. The van der Waals surface area contributed by atoms with E-state index < -0.39 is 12.2 Å². The third-order valence-corrected chi connectivity index (χ3v) is 5.20. The normalized spacial score (nSPS) is 20.9. The molecule has 4 N–H and O–H groups in total. The average molecular weight is 423 g/mol. The molecule has 1 aliphatic heterocycles. The number of phenolic OH excluding ortho intramolecular Hbond substituents is 1. The molecule has 8 nitrogen and oxygen atoms in total. The number of ether oxygens (including phenoxy) is 1. The third kappa shape index (κ3) is 5.62. The standard InChI is InChI=1S/C23H25N3O5/c27-18-8-4-5-15(11-18)21-13-17(26-31-21)12-19-9-10-20(28)22(30-19)14-24-23(29)25-16-6-2-1-3-7-16/h1-8,11,13,19-20,22,27-28H,9-10,12,14H2,(H2,24,25,29). The first kappa shape index (κ1) is 20.9. The van der Waals surface area contributed by atoms with Gasteiger partial charge in [0, 0.05) is 30.3 Å². The summed E-state index contributed by atoms with van der Waals surface area (Å²) in [6, 6.07) is 17.4. The van der Waals surface area contributed by atoms with Crippen molar-refractivity contribution < 1.29 is 24.3 Å². The van der Waals surface area contributed by atoms with Crippen molar-refractivity contribution in [3.63, 3.8) is 0 Å². The van der Waals surface area contributed by atoms with Gasteiger partial charge in [-0.25, -0.2) is 4.79 Å². The lowest BCUT2D eigenvalue weighted by molar-refractivity contribution is -0.113. The Morgan fingerprint density at radius 1 is 1.10 bits per heavy atom. The molecule has 0 radical (unpaired) electrons. The SMILES string of the molecule is O=C(NCC1OC(Cc2cc(-c3cccc(O)c3)on2)CCC1O)Nc1ccccc1. The minimum Gasteiger partial charge on any atom is -0.508 e. The van der Waals surface area contributed by atoms with E-state index in [2.05, 4.69) is 15.8 Å². The Labute approximate surface area is 179 Å². The Morgan fingerprint density at radius 2 is 1.94 bits per heavy atom. The van der Waals surface area contributed by atoms with Crippen LogP contribution in [0.1, 0.15) is 18.5 Å². The van der Waals surface area contributed by atoms with E-state index in [0.29, 0.717) is 30.7 Å². The second kappa shape index (κ2) is 9.63. The minimum atomic E-state index is -0.645. The number of nitrogens with zero attached hydrogens (tertiary/aromatic N) is 1. The number of nitrogens with one attached hydrogen (secondary N) is 2. The largest absolute Gasteiger partial charge is 0.508 e. The summed E-state index contributed by atoms with van der Waals surface area (Å²) >= 11 is 0. The number of hydrogen-bond acceptors (Lipinski definition) is 6. The number of rotatable bonds is 6. The van der Waals surface area contributed by atoms with Gasteiger partial charge in [-0.3, -0.25) is 0 Å². The lowest BCUT2D eigenvalue weighted by atomic mass is 9.98. The summed E-state index contributed by atoms with van der Waals surface area (Å²) in [7, 11) is 0. The van der Waals surface area contributed by atoms with Crippen molar-refractivity contribution in [1.82, 2.24) is 10.5 Å². The van der Waals surface area contributed by atoms with E-state index in [-0.39, 0.29) is 24.4 Å². The summed E-state index contributed by atoms with van der Waals surface area (Å²) in [5, 5.41) is 29.5. The number of benzene rings is 2. The van der Waals surface area contributed by atoms with Crippen molar-refractivity contribution >= 4 is 11.7 Å². The zero-order valence-electron chi connectivity index (χ0n) is 16.9. The van der Waals surface area contributed by atoms with Crippen molar-refractivity contribution in [3.05, 3.63) is 66.4 Å². The smallest absolute Gasteiger partial charge is 0.319 e. The van der Waals surface area contributed by atoms with E-state index in [1.165, 1.54) is 0 Å². The number of hydrogen-bond donors (Lipinski definition) is 4. The van der Waals surface area contributed by atoms with E-state index in [9.17, 15) is 15.0 Å². The van der Waals surface area contributed by atoms with Crippen LogP contribution in [0.4, 0.5) is 10.5 Å². The number of aromatic hydroxyl groups is 1. The summed E-state index contributed by atoms with van der Waals surface area (Å²) in [6.07, 6.45) is 0.499. The van der Waals surface area contributed by atoms with Gasteiger partial charge in [0.25, 0.3) is 0 Å². The van der Waals surface area contributed by atoms with Gasteiger partial charge in [0.05, 0.1) is 17.9 Å². The Balaban J connectivity index is 1.30. The zero-order valence-corrected chi connectivity index (χ0v) is 16.9. The van der Waals surface area contributed by atoms with Gasteiger partial charge < -0.3 is 30.1 Å². The van der Waals surface area contributed by atoms with Crippen molar-refractivity contribution in [1.29, 1.82) is 0 Å². The first-order valence-electron chi connectivity index (χ1n) is 10.3. The van der Waals surface area contributed by atoms with Crippen molar-refractivity contribution in [2.24, 2.45) is 0 Å². The molecule has 8 heteroatoms. The summed E-state index contributed by atoms with van der Waals surface area (Å²) < 4.78 is 11.4. The molecule has 2 heterocycles. The molecule has 3 unspecified atom stereocenters. The van der Waals surface area contributed by atoms with Crippen LogP contribution in [0, 0.1) is 0 Å². The summed E-state index contributed by atoms with van der Waals surface area (Å²) in [6.45, 7) is 0.198. The van der Waals surface area contributed by atoms with Crippen LogP contribution >= 0.6 is 0 Å². The average Bonchev–Trinajstić information content (AvgIpc) is 3.23. The number of aliphatic hydroxyl groups is 1. The third-order valence-electron chi connectivity index (χ3n) is 5.20. The first-order chi connectivity index (χ1) is 15.1. The Bertz CT molecular complexity index is 1010. The van der Waals surface area contributed by atoms with Crippen LogP contribution in [0.2, 0.25) is 0 Å². The maximum absolute atomic E-state index is 12.1. The highest BCUT2D eigenvalue weighted by Gasteiger charge is 2.31. The molecule has 1 aromatic heterocycles. The van der Waals surface area contributed by atoms with E-state index in [0.717, 1.165) is 11.3 Å². The van der Waals surface area contributed by atoms with Crippen molar-refractivity contribution in [2.45, 2.75) is 37.6 Å². The van der Waals surface area contributed by atoms with Gasteiger partial charge >= 0.3 is 6.03 Å². The molecule has 3 aromatic rings. The van der Waals surface area contributed by atoms with Crippen LogP contribution in [0.3, 0.4) is 0 Å². The van der Waals surface area contributed by atoms with Crippen molar-refractivity contribution in [2.75, 3.05) is 11.9 Å². The Hall–Kier alpha value is -3.36. The van der Waals surface area contributed by atoms with E-state index in [1.807, 2.05) is 30.3 Å². The molecule has 3 atom stereocenters. The van der Waals surface area contributed by atoms with Gasteiger partial charge in [-0.2, -0.15) is 0 Å². The Kier molecular flexibility index (Phi) is 6.49. The number of carbonyl (C=O) groups excluding carboxylic acids is 1. The minimum absolute atomic E-state index is 0.144. The lowest BCUT2D eigenvalue weighted by Crippen LogP contribution is -2.47. The van der Waals surface area contributed by atoms with Gasteiger partial charge in [0.15, 0.2) is 5.76 Å². The van der Waals surface area contributed by atoms with Gasteiger partial charge in [-0.15, -0.1) is 0 Å². The molecule has 2 aromatic carbocycles. The number of urea groups is 1. The number of carbonyl (C=O) groups is 1. The monoisotopic (exact) mass is 423 g/mol. The topological polar surface area (TPSA) is 117 Å². The van der Waals surface area contributed by atoms with Gasteiger partial charge in [0.2, 0.25) is 0 Å². The molecular weight excluding hydrogens is 398 g/mol. The van der Waals surface area contributed by atoms with Gasteiger partial charge in [0.1, 0.15) is 11.9 Å². The predicted molar refractivity (Wildman–Crippen MR) is 115 cm³/mol. The number of amides is 2. The molecule has 1 fully saturated rings. The predicted octanol–water partition coefficient (Wildman–Crippen LogP) is 3.32. The fourth-order valence-corrected chi connectivity index (χ4v) is 3.61. The van der Waals surface area contributed by atoms with Crippen LogP contribution < -0.4 is 10.6 Å². The molecule has 0 bridgehead atoms. The van der Waals surface area contributed by atoms with E-state index in [4.69, 9.17) is 9.26 Å². The molecule has 2 amide bonds. The fraction of sp³-hybridized carbons (Fsp3) is 0.304. The fourth-order valence-electron chi connectivity index (χ4n) is 3.61. The highest BCUT2D eigenvalue weighted by molar-refractivity contribution is 5.89. The zero-order chi connectivity index (χ0) is 21.6. The molecule has 162 valence electrons. The molecule has 0 saturated carbocycles. The number of para-hydroxylation sites is 1. The molecule has 0 aliphatic carbocycles. The maximum Gasteiger partial charge on any atom is 0.319 e. The summed E-state index contributed by atoms with van der Waals surface area (Å²) in [5.74, 6) is 0.726. The highest BCUT2D eigenvalue weighted by atomic mass is 16.5. The molecule has 31 heavy (non-hydrogen) atoms. The first-order valence-corrected chi connectivity index (χ1v) is 10.3. The second-order valence-corrected chi connectivity index (χ2v) is 7.58. The summed E-state index contributed by atoms with van der Waals surface area (Å²) in [5.41, 5.74) is 2.16. The van der Waals surface area contributed by atoms with Crippen LogP contribution in [-0.4, -0.2) is 46.3 Å². The maximum atomic E-state index is 12.1. The van der Waals surface area contributed by atoms with Gasteiger partial charge in [-0.05, 0) is 37.1 Å². The number of aromatic nitrogens is 1. The van der Waals surface area contributed by atoms with Crippen LogP contribution in [0.25, 0.3) is 11.3 Å². The second-order valence-electron chi connectivity index (χ2n) is 7.58. The van der Waals surface area contributed by atoms with Crippen LogP contribution in [0.15, 0.2) is 65.2 Å². The Morgan fingerprint density at radius 3 is 2.74 bits per heavy atom. The van der Waals surface area contributed by atoms with Crippen molar-refractivity contribution in [3.8, 4) is 17.1 Å². The molecule has 4 rings (SSSR count). The molecule has 0 spiro atoms. The van der Waals surface area contributed by atoms with Crippen LogP contribution in [0.5, 0.6) is 5.75 Å². The molecule has 1 aliphatic rings. The number of anilines is 1. The highest BCUT2D eigenvalue weighted by Crippen LogP contribution is 2.26. The van der Waals surface area contributed by atoms with E-state index >= 15 is 0 Å². The van der Waals surface area contributed by atoms with Gasteiger partial charge in [-0.1, -0.05) is 35.5 Å². The molecular formula is C23H25N3O5. The van der Waals surface area contributed by atoms with Crippen LogP contribution in [-0.2, 0) is 11.2 Å². The molecule has 1 saturated heterocycles. The lowest BCUT2D eigenvalue weighted by Gasteiger charge is -2.33. The quantitative estimate of drug-likeness (QED) is 0.483. The number of aliphatic hydroxyl groups excluding tert-OH is 1. The summed E-state index contributed by atoms with van der Waals surface area (Å²) in [4.78, 5) is 12.1.